The number of rotatable bonds is 4. The Labute approximate surface area is 120 Å². The first-order valence-corrected chi connectivity index (χ1v) is 7.54. The highest BCUT2D eigenvalue weighted by Gasteiger charge is 2.25. The number of aliphatic carboxylic acids is 1. The van der Waals surface area contributed by atoms with Crippen LogP contribution in [0.4, 0.5) is 4.79 Å². The van der Waals surface area contributed by atoms with Gasteiger partial charge in [0.05, 0.1) is 0 Å². The Kier molecular flexibility index (Phi) is 5.44. The van der Waals surface area contributed by atoms with E-state index >= 15 is 0 Å². The van der Waals surface area contributed by atoms with Gasteiger partial charge in [0, 0.05) is 26.1 Å². The van der Waals surface area contributed by atoms with Gasteiger partial charge in [0.25, 0.3) is 0 Å². The lowest BCUT2D eigenvalue weighted by molar-refractivity contribution is -0.138. The number of amides is 2. The summed E-state index contributed by atoms with van der Waals surface area (Å²) in [6, 6.07) is -0.0327. The van der Waals surface area contributed by atoms with Gasteiger partial charge in [-0.25, -0.2) is 4.79 Å². The third-order valence-electron chi connectivity index (χ3n) is 4.19. The topological polar surface area (TPSA) is 69.6 Å². The summed E-state index contributed by atoms with van der Waals surface area (Å²) in [7, 11) is 0. The van der Waals surface area contributed by atoms with Crippen molar-refractivity contribution in [1.82, 2.24) is 10.2 Å². The van der Waals surface area contributed by atoms with Crippen LogP contribution in [0.5, 0.6) is 0 Å². The van der Waals surface area contributed by atoms with E-state index in [1.807, 2.05) is 0 Å². The zero-order chi connectivity index (χ0) is 14.4. The van der Waals surface area contributed by atoms with Crippen LogP contribution in [0.2, 0.25) is 0 Å². The van der Waals surface area contributed by atoms with Crippen molar-refractivity contribution >= 4 is 12.0 Å². The maximum Gasteiger partial charge on any atom is 0.317 e. The summed E-state index contributed by atoms with van der Waals surface area (Å²) in [5.74, 6) is -0.126. The van der Waals surface area contributed by atoms with Crippen LogP contribution >= 0.6 is 0 Å². The van der Waals surface area contributed by atoms with Crippen molar-refractivity contribution in [2.75, 3.05) is 19.6 Å². The number of nitrogens with zero attached hydrogens (tertiary/aromatic N) is 1. The molecule has 1 aliphatic heterocycles. The van der Waals surface area contributed by atoms with Crippen LogP contribution in [0, 0.1) is 11.8 Å². The van der Waals surface area contributed by atoms with Gasteiger partial charge in [0.1, 0.15) is 0 Å². The highest BCUT2D eigenvalue weighted by atomic mass is 16.4. The fourth-order valence-electron chi connectivity index (χ4n) is 3.05. The number of hydrogen-bond donors (Lipinski definition) is 2. The third kappa shape index (κ3) is 4.54. The molecule has 0 aromatic heterocycles. The van der Waals surface area contributed by atoms with E-state index in [1.54, 1.807) is 4.90 Å². The van der Waals surface area contributed by atoms with E-state index in [4.69, 9.17) is 5.11 Å². The molecule has 1 fully saturated rings. The van der Waals surface area contributed by atoms with E-state index in [0.29, 0.717) is 12.5 Å². The molecule has 0 bridgehead atoms. The standard InChI is InChI=1S/C15H24N2O3/c18-14(19)9-13-7-4-8-17(11-13)15(20)16-10-12-5-2-1-3-6-12/h1-2,12-13H,3-11H2,(H,16,20)(H,18,19). The second-order valence-electron chi connectivity index (χ2n) is 5.89. The van der Waals surface area contributed by atoms with Gasteiger partial charge >= 0.3 is 12.0 Å². The van der Waals surface area contributed by atoms with Crippen LogP contribution < -0.4 is 5.32 Å². The Hall–Kier alpha value is -1.52. The van der Waals surface area contributed by atoms with Crippen LogP contribution in [0.1, 0.15) is 38.5 Å². The number of carboxylic acids is 1. The first-order valence-electron chi connectivity index (χ1n) is 7.54. The van der Waals surface area contributed by atoms with Crippen LogP contribution in [0.3, 0.4) is 0 Å². The summed E-state index contributed by atoms with van der Waals surface area (Å²) in [6.45, 7) is 2.04. The number of urea groups is 1. The molecule has 0 aromatic carbocycles. The number of nitrogens with one attached hydrogen (secondary N) is 1. The zero-order valence-electron chi connectivity index (χ0n) is 11.9. The maximum atomic E-state index is 12.1. The van der Waals surface area contributed by atoms with Gasteiger partial charge < -0.3 is 15.3 Å². The molecule has 2 atom stereocenters. The highest BCUT2D eigenvalue weighted by molar-refractivity contribution is 5.74. The summed E-state index contributed by atoms with van der Waals surface area (Å²) >= 11 is 0. The Balaban J connectivity index is 1.73. The van der Waals surface area contributed by atoms with Crippen molar-refractivity contribution in [3.8, 4) is 0 Å². The molecule has 2 unspecified atom stereocenters. The van der Waals surface area contributed by atoms with Crippen LogP contribution in [0.15, 0.2) is 12.2 Å². The molecule has 0 radical (unpaired) electrons. The number of carboxylic acid groups (broad SMARTS) is 1. The summed E-state index contributed by atoms with van der Waals surface area (Å²) in [6.07, 6.45) is 9.63. The average Bonchev–Trinajstić information content (AvgIpc) is 2.45. The molecule has 1 saturated heterocycles. The van der Waals surface area contributed by atoms with Crippen LogP contribution in [-0.4, -0.2) is 41.6 Å². The number of carbonyl (C=O) groups is 2. The smallest absolute Gasteiger partial charge is 0.317 e. The van der Waals surface area contributed by atoms with Gasteiger partial charge in [-0.3, -0.25) is 4.79 Å². The molecular weight excluding hydrogens is 256 g/mol. The lowest BCUT2D eigenvalue weighted by atomic mass is 9.94. The first-order chi connectivity index (χ1) is 9.65. The molecule has 2 aliphatic rings. The van der Waals surface area contributed by atoms with Crippen molar-refractivity contribution < 1.29 is 14.7 Å². The summed E-state index contributed by atoms with van der Waals surface area (Å²) in [4.78, 5) is 24.6. The lowest BCUT2D eigenvalue weighted by Gasteiger charge is -2.32. The van der Waals surface area contributed by atoms with Crippen molar-refractivity contribution in [2.45, 2.75) is 38.5 Å². The average molecular weight is 280 g/mol. The summed E-state index contributed by atoms with van der Waals surface area (Å²) < 4.78 is 0. The quantitative estimate of drug-likeness (QED) is 0.776. The number of carbonyl (C=O) groups excluding carboxylic acids is 1. The second-order valence-corrected chi connectivity index (χ2v) is 5.89. The molecule has 1 heterocycles. The Bertz CT molecular complexity index is 381. The fraction of sp³-hybridized carbons (Fsp3) is 0.733. The van der Waals surface area contributed by atoms with Crippen molar-refractivity contribution in [3.63, 3.8) is 0 Å². The molecule has 5 heteroatoms. The number of piperidine rings is 1. The second kappa shape index (κ2) is 7.31. The molecule has 0 aromatic rings. The lowest BCUT2D eigenvalue weighted by Crippen LogP contribution is -2.47. The van der Waals surface area contributed by atoms with Crippen molar-refractivity contribution in [1.29, 1.82) is 0 Å². The summed E-state index contributed by atoms with van der Waals surface area (Å²) in [5.41, 5.74) is 0. The van der Waals surface area contributed by atoms with E-state index < -0.39 is 5.97 Å². The predicted molar refractivity (Wildman–Crippen MR) is 76.4 cm³/mol. The highest BCUT2D eigenvalue weighted by Crippen LogP contribution is 2.20. The fourth-order valence-corrected chi connectivity index (χ4v) is 3.05. The number of allylic oxidation sites excluding steroid dienone is 2. The van der Waals surface area contributed by atoms with Gasteiger partial charge in [0.2, 0.25) is 0 Å². The zero-order valence-corrected chi connectivity index (χ0v) is 11.9. The minimum Gasteiger partial charge on any atom is -0.481 e. The molecule has 0 spiro atoms. The minimum atomic E-state index is -0.772. The molecule has 112 valence electrons. The number of likely N-dealkylation sites (tertiary alicyclic amines) is 1. The Morgan fingerprint density at radius 1 is 1.25 bits per heavy atom. The molecule has 2 N–H and O–H groups in total. The third-order valence-corrected chi connectivity index (χ3v) is 4.19. The maximum absolute atomic E-state index is 12.1. The molecule has 2 amide bonds. The van der Waals surface area contributed by atoms with E-state index in [1.165, 1.54) is 0 Å². The molecule has 1 aliphatic carbocycles. The first kappa shape index (κ1) is 14.9. The summed E-state index contributed by atoms with van der Waals surface area (Å²) in [5, 5.41) is 11.8. The van der Waals surface area contributed by atoms with E-state index in [-0.39, 0.29) is 18.4 Å². The van der Waals surface area contributed by atoms with Crippen LogP contribution in [0.25, 0.3) is 0 Å². The largest absolute Gasteiger partial charge is 0.481 e. The van der Waals surface area contributed by atoms with Crippen molar-refractivity contribution in [2.24, 2.45) is 11.8 Å². The molecular formula is C15H24N2O3. The predicted octanol–water partition coefficient (Wildman–Crippen LogP) is 2.24. The van der Waals surface area contributed by atoms with Gasteiger partial charge in [0.15, 0.2) is 0 Å². The monoisotopic (exact) mass is 280 g/mol. The minimum absolute atomic E-state index is 0.0327. The molecule has 5 nitrogen and oxygen atoms in total. The molecule has 2 rings (SSSR count). The number of hydrogen-bond acceptors (Lipinski definition) is 2. The van der Waals surface area contributed by atoms with E-state index in [2.05, 4.69) is 17.5 Å². The molecule has 20 heavy (non-hydrogen) atoms. The van der Waals surface area contributed by atoms with Gasteiger partial charge in [-0.05, 0) is 43.9 Å². The Morgan fingerprint density at radius 3 is 2.80 bits per heavy atom. The van der Waals surface area contributed by atoms with Gasteiger partial charge in [-0.1, -0.05) is 12.2 Å². The molecule has 0 saturated carbocycles. The van der Waals surface area contributed by atoms with E-state index in [0.717, 1.165) is 45.2 Å². The SMILES string of the molecule is O=C(O)CC1CCCN(C(=O)NCC2CC=CCC2)C1. The Morgan fingerprint density at radius 2 is 2.10 bits per heavy atom. The van der Waals surface area contributed by atoms with Crippen molar-refractivity contribution in [3.05, 3.63) is 12.2 Å². The van der Waals surface area contributed by atoms with Gasteiger partial charge in [-0.15, -0.1) is 0 Å². The van der Waals surface area contributed by atoms with Gasteiger partial charge in [-0.2, -0.15) is 0 Å². The van der Waals surface area contributed by atoms with Crippen LogP contribution in [-0.2, 0) is 4.79 Å². The van der Waals surface area contributed by atoms with E-state index in [9.17, 15) is 9.59 Å². The normalized spacial score (nSPS) is 26.3.